The first-order valence-electron chi connectivity index (χ1n) is 5.01. The van der Waals surface area contributed by atoms with Crippen molar-refractivity contribution in [1.82, 2.24) is 4.98 Å². The monoisotopic (exact) mass is 193 g/mol. The van der Waals surface area contributed by atoms with E-state index in [1.807, 2.05) is 12.1 Å². The minimum Gasteiger partial charge on any atom is -0.383 e. The van der Waals surface area contributed by atoms with E-state index in [-0.39, 0.29) is 0 Å². The molecule has 14 heavy (non-hydrogen) atoms. The lowest BCUT2D eigenvalue weighted by Gasteiger charge is -2.17. The molecule has 0 radical (unpaired) electrons. The zero-order valence-corrected chi connectivity index (χ0v) is 9.12. The number of nitrogens with zero attached hydrogens (tertiary/aromatic N) is 1. The van der Waals surface area contributed by atoms with Crippen molar-refractivity contribution in [3.8, 4) is 0 Å². The molecule has 1 rings (SSSR count). The van der Waals surface area contributed by atoms with E-state index in [2.05, 4.69) is 25.8 Å². The van der Waals surface area contributed by atoms with Crippen LogP contribution in [0, 0.1) is 5.92 Å². The van der Waals surface area contributed by atoms with Gasteiger partial charge in [0.1, 0.15) is 5.82 Å². The predicted octanol–water partition coefficient (Wildman–Crippen LogP) is 1.88. The first-order valence-corrected chi connectivity index (χ1v) is 5.01. The Morgan fingerprint density at radius 3 is 2.36 bits per heavy atom. The number of pyridine rings is 1. The van der Waals surface area contributed by atoms with Gasteiger partial charge < -0.3 is 11.5 Å². The molecule has 1 aromatic heterocycles. The maximum Gasteiger partial charge on any atom is 0.127 e. The molecule has 1 aromatic rings. The number of rotatable bonds is 3. The van der Waals surface area contributed by atoms with Crippen LogP contribution in [0.15, 0.2) is 12.1 Å². The van der Waals surface area contributed by atoms with E-state index in [0.717, 1.165) is 11.3 Å². The lowest BCUT2D eigenvalue weighted by atomic mass is 9.90. The summed E-state index contributed by atoms with van der Waals surface area (Å²) in [6, 6.07) is 3.99. The summed E-state index contributed by atoms with van der Waals surface area (Å²) in [5, 5.41) is 0. The highest BCUT2D eigenvalue weighted by Gasteiger charge is 2.13. The molecule has 1 atom stereocenters. The molecule has 0 amide bonds. The minimum atomic E-state index is 0.439. The second-order valence-electron chi connectivity index (χ2n) is 4.01. The van der Waals surface area contributed by atoms with Crippen molar-refractivity contribution in [2.45, 2.75) is 33.2 Å². The Hall–Kier alpha value is -1.09. The van der Waals surface area contributed by atoms with Gasteiger partial charge >= 0.3 is 0 Å². The zero-order chi connectivity index (χ0) is 10.7. The molecule has 0 aliphatic carbocycles. The lowest BCUT2D eigenvalue weighted by molar-refractivity contribution is 0.535. The summed E-state index contributed by atoms with van der Waals surface area (Å²) < 4.78 is 0. The molecule has 1 unspecified atom stereocenters. The molecule has 0 aromatic carbocycles. The van der Waals surface area contributed by atoms with E-state index >= 15 is 0 Å². The van der Waals surface area contributed by atoms with Crippen LogP contribution in [0.1, 0.15) is 37.9 Å². The smallest absolute Gasteiger partial charge is 0.127 e. The summed E-state index contributed by atoms with van der Waals surface area (Å²) in [5.41, 5.74) is 13.3. The highest BCUT2D eigenvalue weighted by atomic mass is 14.9. The van der Waals surface area contributed by atoms with Crippen LogP contribution in [-0.4, -0.2) is 4.98 Å². The maximum absolute atomic E-state index is 5.87. The Labute approximate surface area is 85.5 Å². The van der Waals surface area contributed by atoms with Gasteiger partial charge in [0.15, 0.2) is 0 Å². The second-order valence-corrected chi connectivity index (χ2v) is 4.01. The van der Waals surface area contributed by atoms with E-state index in [1.165, 1.54) is 0 Å². The molecule has 0 aliphatic heterocycles. The van der Waals surface area contributed by atoms with E-state index in [1.54, 1.807) is 0 Å². The average Bonchev–Trinajstić information content (AvgIpc) is 2.16. The predicted molar refractivity (Wildman–Crippen MR) is 59.8 cm³/mol. The number of nitrogen functional groups attached to an aromatic ring is 1. The van der Waals surface area contributed by atoms with Crippen LogP contribution in [-0.2, 0) is 6.54 Å². The first kappa shape index (κ1) is 11.0. The van der Waals surface area contributed by atoms with Gasteiger partial charge in [0.25, 0.3) is 0 Å². The molecule has 0 aliphatic rings. The lowest BCUT2D eigenvalue weighted by Crippen LogP contribution is -2.09. The topological polar surface area (TPSA) is 64.9 Å². The number of anilines is 1. The molecule has 0 saturated heterocycles. The third kappa shape index (κ3) is 2.23. The van der Waals surface area contributed by atoms with Gasteiger partial charge in [-0.25, -0.2) is 4.98 Å². The van der Waals surface area contributed by atoms with E-state index < -0.39 is 0 Å². The molecule has 0 fully saturated rings. The van der Waals surface area contributed by atoms with Crippen molar-refractivity contribution in [3.05, 3.63) is 23.4 Å². The summed E-state index contributed by atoms with van der Waals surface area (Å²) in [4.78, 5) is 4.25. The second kappa shape index (κ2) is 4.42. The van der Waals surface area contributed by atoms with Crippen molar-refractivity contribution in [2.24, 2.45) is 11.7 Å². The SMILES string of the molecule is CC(C)C(C)c1ccc(CN)nc1N. The summed E-state index contributed by atoms with van der Waals surface area (Å²) in [7, 11) is 0. The molecule has 0 saturated carbocycles. The van der Waals surface area contributed by atoms with Gasteiger partial charge in [0, 0.05) is 6.54 Å². The van der Waals surface area contributed by atoms with Gasteiger partial charge in [-0.15, -0.1) is 0 Å². The van der Waals surface area contributed by atoms with Crippen molar-refractivity contribution >= 4 is 5.82 Å². The van der Waals surface area contributed by atoms with Crippen LogP contribution in [0.3, 0.4) is 0 Å². The molecule has 0 bridgehead atoms. The molecular weight excluding hydrogens is 174 g/mol. The fraction of sp³-hybridized carbons (Fsp3) is 0.545. The Bertz CT molecular complexity index is 307. The molecule has 3 heteroatoms. The van der Waals surface area contributed by atoms with E-state index in [4.69, 9.17) is 11.5 Å². The van der Waals surface area contributed by atoms with Gasteiger partial charge in [0.2, 0.25) is 0 Å². The highest BCUT2D eigenvalue weighted by Crippen LogP contribution is 2.27. The van der Waals surface area contributed by atoms with Crippen molar-refractivity contribution in [2.75, 3.05) is 5.73 Å². The molecular formula is C11H19N3. The summed E-state index contributed by atoms with van der Waals surface area (Å²) in [6.45, 7) is 6.97. The quantitative estimate of drug-likeness (QED) is 0.770. The molecule has 1 heterocycles. The van der Waals surface area contributed by atoms with Crippen LogP contribution >= 0.6 is 0 Å². The third-order valence-electron chi connectivity index (χ3n) is 2.71. The Morgan fingerprint density at radius 1 is 1.29 bits per heavy atom. The molecule has 3 nitrogen and oxygen atoms in total. The summed E-state index contributed by atoms with van der Waals surface area (Å²) in [6.07, 6.45) is 0. The van der Waals surface area contributed by atoms with Gasteiger partial charge in [-0.2, -0.15) is 0 Å². The van der Waals surface area contributed by atoms with Crippen LogP contribution in [0.2, 0.25) is 0 Å². The minimum absolute atomic E-state index is 0.439. The number of aromatic nitrogens is 1. The Balaban J connectivity index is 2.99. The number of nitrogens with two attached hydrogens (primary N) is 2. The van der Waals surface area contributed by atoms with Crippen LogP contribution in [0.4, 0.5) is 5.82 Å². The fourth-order valence-electron chi connectivity index (χ4n) is 1.39. The number of hydrogen-bond donors (Lipinski definition) is 2. The largest absolute Gasteiger partial charge is 0.383 e. The van der Waals surface area contributed by atoms with Gasteiger partial charge in [-0.05, 0) is 23.5 Å². The van der Waals surface area contributed by atoms with Crippen LogP contribution in [0.5, 0.6) is 0 Å². The van der Waals surface area contributed by atoms with Gasteiger partial charge in [-0.1, -0.05) is 26.8 Å². The maximum atomic E-state index is 5.87. The van der Waals surface area contributed by atoms with Crippen molar-refractivity contribution in [1.29, 1.82) is 0 Å². The van der Waals surface area contributed by atoms with E-state index in [0.29, 0.717) is 24.2 Å². The third-order valence-corrected chi connectivity index (χ3v) is 2.71. The fourth-order valence-corrected chi connectivity index (χ4v) is 1.39. The Kier molecular flexibility index (Phi) is 3.47. The summed E-state index contributed by atoms with van der Waals surface area (Å²) in [5.74, 6) is 1.63. The molecule has 0 spiro atoms. The van der Waals surface area contributed by atoms with E-state index in [9.17, 15) is 0 Å². The molecule has 78 valence electrons. The standard InChI is InChI=1S/C11H19N3/c1-7(2)8(3)10-5-4-9(6-12)14-11(10)13/h4-5,7-8H,6,12H2,1-3H3,(H2,13,14). The van der Waals surface area contributed by atoms with Crippen LogP contribution < -0.4 is 11.5 Å². The Morgan fingerprint density at radius 2 is 1.93 bits per heavy atom. The van der Waals surface area contributed by atoms with Gasteiger partial charge in [0.05, 0.1) is 5.69 Å². The number of hydrogen-bond acceptors (Lipinski definition) is 3. The van der Waals surface area contributed by atoms with Crippen LogP contribution in [0.25, 0.3) is 0 Å². The molecule has 4 N–H and O–H groups in total. The normalized spacial score (nSPS) is 13.2. The first-order chi connectivity index (χ1) is 6.56. The summed E-state index contributed by atoms with van der Waals surface area (Å²) >= 11 is 0. The van der Waals surface area contributed by atoms with Crippen molar-refractivity contribution in [3.63, 3.8) is 0 Å². The van der Waals surface area contributed by atoms with Crippen molar-refractivity contribution < 1.29 is 0 Å². The average molecular weight is 193 g/mol. The highest BCUT2D eigenvalue weighted by molar-refractivity contribution is 5.42. The zero-order valence-electron chi connectivity index (χ0n) is 9.12. The van der Waals surface area contributed by atoms with Gasteiger partial charge in [-0.3, -0.25) is 0 Å².